The Morgan fingerprint density at radius 3 is 2.97 bits per heavy atom. The summed E-state index contributed by atoms with van der Waals surface area (Å²) < 4.78 is 5.02. The molecular weight excluding hydrogens is 414 g/mol. The zero-order valence-corrected chi connectivity index (χ0v) is 17.5. The lowest BCUT2D eigenvalue weighted by atomic mass is 10.1. The molecule has 3 heterocycles. The molecular formula is C22H19N5O3S. The van der Waals surface area contributed by atoms with Crippen molar-refractivity contribution in [1.82, 2.24) is 15.0 Å². The summed E-state index contributed by atoms with van der Waals surface area (Å²) in [5.74, 6) is -0.462. The van der Waals surface area contributed by atoms with Crippen LogP contribution in [0.4, 0.5) is 11.6 Å². The number of H-pyrrole nitrogens is 1. The van der Waals surface area contributed by atoms with E-state index in [-0.39, 0.29) is 5.91 Å². The molecule has 0 unspecified atom stereocenters. The number of rotatable bonds is 5. The van der Waals surface area contributed by atoms with Gasteiger partial charge in [0.05, 0.1) is 23.2 Å². The van der Waals surface area contributed by atoms with Crippen molar-refractivity contribution < 1.29 is 14.3 Å². The maximum Gasteiger partial charge on any atom is 0.338 e. The zero-order chi connectivity index (χ0) is 21.4. The lowest BCUT2D eigenvalue weighted by Crippen LogP contribution is -2.13. The lowest BCUT2D eigenvalue weighted by Gasteiger charge is -2.02. The summed E-state index contributed by atoms with van der Waals surface area (Å²) in [6.07, 6.45) is 0.992. The van der Waals surface area contributed by atoms with Crippen LogP contribution in [0, 0.1) is 0 Å². The molecule has 0 bridgehead atoms. The first-order chi connectivity index (χ1) is 15.1. The van der Waals surface area contributed by atoms with Gasteiger partial charge >= 0.3 is 5.97 Å². The van der Waals surface area contributed by atoms with Crippen molar-refractivity contribution in [3.8, 4) is 10.6 Å². The van der Waals surface area contributed by atoms with Gasteiger partial charge in [0.2, 0.25) is 5.95 Å². The van der Waals surface area contributed by atoms with Crippen LogP contribution in [0.15, 0.2) is 41.8 Å². The van der Waals surface area contributed by atoms with Crippen LogP contribution in [-0.4, -0.2) is 40.0 Å². The number of imidazole rings is 1. The number of carbonyl (C=O) groups is 2. The molecule has 156 valence electrons. The molecule has 1 amide bonds. The van der Waals surface area contributed by atoms with Gasteiger partial charge in [-0.25, -0.2) is 14.8 Å². The molecule has 1 aliphatic heterocycles. The molecule has 1 aliphatic rings. The van der Waals surface area contributed by atoms with Gasteiger partial charge in [-0.05, 0) is 55.3 Å². The first-order valence-electron chi connectivity index (χ1n) is 9.91. The minimum absolute atomic E-state index is 0.291. The molecule has 0 saturated heterocycles. The third kappa shape index (κ3) is 3.75. The maximum atomic E-state index is 12.7. The largest absolute Gasteiger partial charge is 0.462 e. The van der Waals surface area contributed by atoms with Gasteiger partial charge in [-0.15, -0.1) is 11.3 Å². The Bertz CT molecular complexity index is 1310. The van der Waals surface area contributed by atoms with Gasteiger partial charge in [-0.1, -0.05) is 0 Å². The Labute approximate surface area is 181 Å². The van der Waals surface area contributed by atoms with Crippen LogP contribution in [0.2, 0.25) is 0 Å². The minimum Gasteiger partial charge on any atom is -0.462 e. The second-order valence-corrected chi connectivity index (χ2v) is 7.94. The smallest absolute Gasteiger partial charge is 0.338 e. The summed E-state index contributed by atoms with van der Waals surface area (Å²) in [6, 6.07) is 11.2. The number of esters is 1. The topological polar surface area (TPSA) is 109 Å². The predicted molar refractivity (Wildman–Crippen MR) is 120 cm³/mol. The van der Waals surface area contributed by atoms with Crippen molar-refractivity contribution in [2.45, 2.75) is 13.3 Å². The van der Waals surface area contributed by atoms with E-state index in [4.69, 9.17) is 4.74 Å². The molecule has 2 aromatic carbocycles. The summed E-state index contributed by atoms with van der Waals surface area (Å²) in [5.41, 5.74) is 5.44. The van der Waals surface area contributed by atoms with Crippen LogP contribution in [-0.2, 0) is 11.2 Å². The number of hydrogen-bond acceptors (Lipinski definition) is 7. The molecule has 0 atom stereocenters. The molecule has 0 aliphatic carbocycles. The van der Waals surface area contributed by atoms with Gasteiger partial charge in [-0.3, -0.25) is 10.1 Å². The minimum atomic E-state index is -0.401. The highest BCUT2D eigenvalue weighted by molar-refractivity contribution is 7.13. The van der Waals surface area contributed by atoms with Gasteiger partial charge < -0.3 is 15.0 Å². The maximum absolute atomic E-state index is 12.7. The second kappa shape index (κ2) is 7.84. The fraction of sp³-hybridized carbons (Fsp3) is 0.182. The Kier molecular flexibility index (Phi) is 4.87. The number of anilines is 2. The first kappa shape index (κ1) is 19.3. The van der Waals surface area contributed by atoms with Crippen LogP contribution >= 0.6 is 11.3 Å². The number of benzene rings is 2. The Hall–Kier alpha value is -3.72. The standard InChI is InChI=1S/C22H19N5O3S/c1-2-30-21(29)14-4-6-16-17(10-14)26-22(25-16)27-19(28)18-11-31-20(24-18)13-3-5-15-12(9-13)7-8-23-15/h3-6,9-11,23H,2,7-8H2,1H3,(H2,25,26,27,28). The number of amides is 1. The second-order valence-electron chi connectivity index (χ2n) is 7.08. The zero-order valence-electron chi connectivity index (χ0n) is 16.7. The van der Waals surface area contributed by atoms with Crippen LogP contribution < -0.4 is 10.6 Å². The van der Waals surface area contributed by atoms with E-state index in [1.807, 2.05) is 6.07 Å². The van der Waals surface area contributed by atoms with Gasteiger partial charge in [-0.2, -0.15) is 0 Å². The molecule has 5 rings (SSSR count). The van der Waals surface area contributed by atoms with Gasteiger partial charge in [0, 0.05) is 23.2 Å². The molecule has 9 heteroatoms. The van der Waals surface area contributed by atoms with E-state index >= 15 is 0 Å². The summed E-state index contributed by atoms with van der Waals surface area (Å²) in [5, 5.41) is 8.61. The summed E-state index contributed by atoms with van der Waals surface area (Å²) >= 11 is 1.43. The molecule has 3 N–H and O–H groups in total. The first-order valence-corrected chi connectivity index (χ1v) is 10.8. The predicted octanol–water partition coefficient (Wildman–Crippen LogP) is 4.08. The van der Waals surface area contributed by atoms with E-state index in [1.165, 1.54) is 16.9 Å². The average Bonchev–Trinajstić information content (AvgIpc) is 3.51. The molecule has 8 nitrogen and oxygen atoms in total. The van der Waals surface area contributed by atoms with Crippen molar-refractivity contribution in [2.24, 2.45) is 0 Å². The van der Waals surface area contributed by atoms with Crippen LogP contribution in [0.3, 0.4) is 0 Å². The molecule has 4 aromatic rings. The van der Waals surface area contributed by atoms with Crippen molar-refractivity contribution in [3.05, 3.63) is 58.6 Å². The number of hydrogen-bond donors (Lipinski definition) is 3. The number of thiazole rings is 1. The van der Waals surface area contributed by atoms with Crippen molar-refractivity contribution in [2.75, 3.05) is 23.8 Å². The molecule has 0 spiro atoms. The monoisotopic (exact) mass is 433 g/mol. The Morgan fingerprint density at radius 2 is 2.10 bits per heavy atom. The summed E-state index contributed by atoms with van der Waals surface area (Å²) in [7, 11) is 0. The SMILES string of the molecule is CCOC(=O)c1ccc2nc(NC(=O)c3csc(-c4ccc5c(c4)CCN5)n3)[nH]c2c1. The highest BCUT2D eigenvalue weighted by atomic mass is 32.1. The van der Waals surface area contributed by atoms with Crippen molar-refractivity contribution >= 4 is 45.9 Å². The Balaban J connectivity index is 1.33. The normalized spacial score (nSPS) is 12.4. The van der Waals surface area contributed by atoms with Crippen LogP contribution in [0.25, 0.3) is 21.6 Å². The van der Waals surface area contributed by atoms with E-state index in [1.54, 1.807) is 30.5 Å². The third-order valence-corrected chi connectivity index (χ3v) is 5.92. The quantitative estimate of drug-likeness (QED) is 0.409. The number of nitrogens with zero attached hydrogens (tertiary/aromatic N) is 2. The van der Waals surface area contributed by atoms with Crippen LogP contribution in [0.1, 0.15) is 33.3 Å². The van der Waals surface area contributed by atoms with E-state index in [9.17, 15) is 9.59 Å². The van der Waals surface area contributed by atoms with Crippen molar-refractivity contribution in [1.29, 1.82) is 0 Å². The van der Waals surface area contributed by atoms with E-state index < -0.39 is 5.97 Å². The highest BCUT2D eigenvalue weighted by Gasteiger charge is 2.17. The lowest BCUT2D eigenvalue weighted by molar-refractivity contribution is 0.0526. The highest BCUT2D eigenvalue weighted by Crippen LogP contribution is 2.30. The molecule has 0 fully saturated rings. The van der Waals surface area contributed by atoms with Gasteiger partial charge in [0.1, 0.15) is 10.7 Å². The number of ether oxygens (including phenoxy) is 1. The van der Waals surface area contributed by atoms with E-state index in [0.717, 1.165) is 29.2 Å². The van der Waals surface area contributed by atoms with E-state index in [2.05, 4.69) is 37.7 Å². The Morgan fingerprint density at radius 1 is 1.19 bits per heavy atom. The summed E-state index contributed by atoms with van der Waals surface area (Å²) in [6.45, 7) is 3.01. The summed E-state index contributed by atoms with van der Waals surface area (Å²) in [4.78, 5) is 36.4. The van der Waals surface area contributed by atoms with Crippen LogP contribution in [0.5, 0.6) is 0 Å². The fourth-order valence-electron chi connectivity index (χ4n) is 3.53. The fourth-order valence-corrected chi connectivity index (χ4v) is 4.33. The number of carbonyl (C=O) groups excluding carboxylic acids is 2. The molecule has 0 radical (unpaired) electrons. The number of aromatic amines is 1. The molecule has 2 aromatic heterocycles. The van der Waals surface area contributed by atoms with E-state index in [0.29, 0.717) is 34.8 Å². The van der Waals surface area contributed by atoms with Gasteiger partial charge in [0.15, 0.2) is 0 Å². The van der Waals surface area contributed by atoms with Crippen molar-refractivity contribution in [3.63, 3.8) is 0 Å². The molecule has 0 saturated carbocycles. The average molecular weight is 433 g/mol. The number of fused-ring (bicyclic) bond motifs is 2. The third-order valence-electron chi connectivity index (χ3n) is 5.02. The molecule has 31 heavy (non-hydrogen) atoms. The number of aromatic nitrogens is 3. The van der Waals surface area contributed by atoms with Gasteiger partial charge in [0.25, 0.3) is 5.91 Å². The number of nitrogens with one attached hydrogen (secondary N) is 3.